The number of carbonyl (C=O) groups excluding carboxylic acids is 1. The van der Waals surface area contributed by atoms with Crippen molar-refractivity contribution in [2.45, 2.75) is 39.9 Å². The Kier molecular flexibility index (Phi) is 7.20. The number of aryl methyl sites for hydroxylation is 1. The van der Waals surface area contributed by atoms with E-state index in [9.17, 15) is 4.79 Å². The Morgan fingerprint density at radius 1 is 1.15 bits per heavy atom. The molecule has 3 heteroatoms. The third-order valence-corrected chi connectivity index (χ3v) is 2.98. The molecule has 0 atom stereocenters. The summed E-state index contributed by atoms with van der Waals surface area (Å²) in [5.74, 6) is -0.00180. The second kappa shape index (κ2) is 8.67. The summed E-state index contributed by atoms with van der Waals surface area (Å²) in [5.41, 5.74) is 2.42. The maximum absolute atomic E-state index is 11.8. The molecule has 0 aliphatic carbocycles. The number of benzene rings is 1. The largest absolute Gasteiger partial charge is 0.353 e. The van der Waals surface area contributed by atoms with Crippen molar-refractivity contribution in [1.29, 1.82) is 0 Å². The van der Waals surface area contributed by atoms with Gasteiger partial charge in [-0.25, -0.2) is 0 Å². The first-order valence-electron chi connectivity index (χ1n) is 7.10. The van der Waals surface area contributed by atoms with Crippen LogP contribution in [0.25, 0.3) is 0 Å². The quantitative estimate of drug-likeness (QED) is 0.391. The summed E-state index contributed by atoms with van der Waals surface area (Å²) in [7, 11) is 0. The molecule has 0 heterocycles. The lowest BCUT2D eigenvalue weighted by molar-refractivity contribution is -0.139. The van der Waals surface area contributed by atoms with Crippen LogP contribution in [0.1, 0.15) is 43.1 Å². The van der Waals surface area contributed by atoms with Crippen LogP contribution in [0.4, 0.5) is 0 Å². The van der Waals surface area contributed by atoms with E-state index >= 15 is 0 Å². The lowest BCUT2D eigenvalue weighted by atomic mass is 10.0. The summed E-state index contributed by atoms with van der Waals surface area (Å²) in [6, 6.07) is 7.65. The first kappa shape index (κ1) is 16.6. The third kappa shape index (κ3) is 5.27. The van der Waals surface area contributed by atoms with Crippen molar-refractivity contribution in [3.05, 3.63) is 47.5 Å². The Morgan fingerprint density at radius 2 is 1.70 bits per heavy atom. The molecule has 1 rings (SSSR count). The maximum atomic E-state index is 11.8. The monoisotopic (exact) mass is 276 g/mol. The van der Waals surface area contributed by atoms with E-state index in [2.05, 4.69) is 6.58 Å². The van der Waals surface area contributed by atoms with Crippen molar-refractivity contribution in [1.82, 2.24) is 0 Å². The number of allylic oxidation sites excluding steroid dienone is 1. The average molecular weight is 276 g/mol. The van der Waals surface area contributed by atoms with Gasteiger partial charge in [-0.1, -0.05) is 30.8 Å². The molecule has 1 aromatic rings. The van der Waals surface area contributed by atoms with Gasteiger partial charge in [0.1, 0.15) is 0 Å². The van der Waals surface area contributed by atoms with Gasteiger partial charge in [-0.05, 0) is 38.3 Å². The number of rotatable bonds is 9. The SMILES string of the molecule is C=C(C)C(=O)c1ccc(CCC(OCC)OCC)cc1. The Bertz CT molecular complexity index is 428. The maximum Gasteiger partial charge on any atom is 0.188 e. The summed E-state index contributed by atoms with van der Waals surface area (Å²) in [6.07, 6.45) is 1.53. The Morgan fingerprint density at radius 3 is 2.15 bits per heavy atom. The smallest absolute Gasteiger partial charge is 0.188 e. The highest BCUT2D eigenvalue weighted by Crippen LogP contribution is 2.12. The summed E-state index contributed by atoms with van der Waals surface area (Å²) in [6.45, 7) is 10.6. The second-order valence-corrected chi connectivity index (χ2v) is 4.69. The van der Waals surface area contributed by atoms with Crippen LogP contribution in [-0.4, -0.2) is 25.3 Å². The van der Waals surface area contributed by atoms with Crippen molar-refractivity contribution in [2.75, 3.05) is 13.2 Å². The number of ether oxygens (including phenoxy) is 2. The van der Waals surface area contributed by atoms with Gasteiger partial charge in [-0.2, -0.15) is 0 Å². The number of hydrogen-bond donors (Lipinski definition) is 0. The van der Waals surface area contributed by atoms with Gasteiger partial charge < -0.3 is 9.47 Å². The highest BCUT2D eigenvalue weighted by atomic mass is 16.7. The molecule has 0 aliphatic heterocycles. The van der Waals surface area contributed by atoms with Gasteiger partial charge in [0.15, 0.2) is 12.1 Å². The molecule has 0 amide bonds. The standard InChI is InChI=1S/C17H24O3/c1-5-19-16(20-6-2)12-9-14-7-10-15(11-8-14)17(18)13(3)4/h7-8,10-11,16H,3,5-6,9,12H2,1-2,4H3. The summed E-state index contributed by atoms with van der Waals surface area (Å²) < 4.78 is 11.0. The molecule has 3 nitrogen and oxygen atoms in total. The van der Waals surface area contributed by atoms with E-state index in [4.69, 9.17) is 9.47 Å². The minimum atomic E-state index is -0.151. The van der Waals surface area contributed by atoms with Gasteiger partial charge in [0.25, 0.3) is 0 Å². The third-order valence-electron chi connectivity index (χ3n) is 2.98. The van der Waals surface area contributed by atoms with E-state index in [0.717, 1.165) is 12.8 Å². The van der Waals surface area contributed by atoms with Crippen molar-refractivity contribution in [3.63, 3.8) is 0 Å². The van der Waals surface area contributed by atoms with Crippen molar-refractivity contribution in [2.24, 2.45) is 0 Å². The highest BCUT2D eigenvalue weighted by Gasteiger charge is 2.09. The molecule has 20 heavy (non-hydrogen) atoms. The number of hydrogen-bond acceptors (Lipinski definition) is 3. The van der Waals surface area contributed by atoms with Gasteiger partial charge >= 0.3 is 0 Å². The Labute approximate surface area is 121 Å². The molecule has 0 radical (unpaired) electrons. The van der Waals surface area contributed by atoms with Crippen LogP contribution in [-0.2, 0) is 15.9 Å². The predicted molar refractivity (Wildman–Crippen MR) is 80.9 cm³/mol. The molecule has 0 aliphatic rings. The van der Waals surface area contributed by atoms with Gasteiger partial charge in [-0.3, -0.25) is 4.79 Å². The van der Waals surface area contributed by atoms with E-state index in [1.54, 1.807) is 6.92 Å². The van der Waals surface area contributed by atoms with Gasteiger partial charge in [0.05, 0.1) is 0 Å². The molecule has 0 aromatic heterocycles. The van der Waals surface area contributed by atoms with Crippen LogP contribution in [0.3, 0.4) is 0 Å². The van der Waals surface area contributed by atoms with Crippen LogP contribution >= 0.6 is 0 Å². The zero-order valence-electron chi connectivity index (χ0n) is 12.6. The van der Waals surface area contributed by atoms with E-state index in [0.29, 0.717) is 24.4 Å². The van der Waals surface area contributed by atoms with Crippen molar-refractivity contribution < 1.29 is 14.3 Å². The molecule has 0 fully saturated rings. The van der Waals surface area contributed by atoms with Crippen molar-refractivity contribution >= 4 is 5.78 Å². The van der Waals surface area contributed by atoms with Crippen molar-refractivity contribution in [3.8, 4) is 0 Å². The number of Topliss-reactive ketones (excluding diaryl/α,β-unsaturated/α-hetero) is 1. The zero-order valence-corrected chi connectivity index (χ0v) is 12.6. The lowest BCUT2D eigenvalue weighted by Gasteiger charge is -2.16. The fourth-order valence-electron chi connectivity index (χ4n) is 1.94. The number of ketones is 1. The van der Waals surface area contributed by atoms with Crippen LogP contribution in [0.15, 0.2) is 36.4 Å². The summed E-state index contributed by atoms with van der Waals surface area (Å²) >= 11 is 0. The average Bonchev–Trinajstić information content (AvgIpc) is 2.45. The van der Waals surface area contributed by atoms with Crippen LogP contribution < -0.4 is 0 Å². The van der Waals surface area contributed by atoms with Gasteiger partial charge in [0.2, 0.25) is 0 Å². The molecule has 0 unspecified atom stereocenters. The fraction of sp³-hybridized carbons (Fsp3) is 0.471. The van der Waals surface area contributed by atoms with Crippen LogP contribution in [0.5, 0.6) is 0 Å². The van der Waals surface area contributed by atoms with Gasteiger partial charge in [-0.15, -0.1) is 0 Å². The van der Waals surface area contributed by atoms with E-state index in [1.807, 2.05) is 38.1 Å². The van der Waals surface area contributed by atoms with E-state index < -0.39 is 0 Å². The highest BCUT2D eigenvalue weighted by molar-refractivity contribution is 6.07. The molecule has 0 N–H and O–H groups in total. The molecule has 1 aromatic carbocycles. The molecule has 0 saturated heterocycles. The fourth-order valence-corrected chi connectivity index (χ4v) is 1.94. The van der Waals surface area contributed by atoms with E-state index in [-0.39, 0.29) is 12.1 Å². The minimum absolute atomic E-state index is 0.00180. The molecule has 110 valence electrons. The molecule has 0 bridgehead atoms. The Balaban J connectivity index is 2.56. The molecular weight excluding hydrogens is 252 g/mol. The first-order valence-corrected chi connectivity index (χ1v) is 7.10. The predicted octanol–water partition coefficient (Wildman–Crippen LogP) is 3.78. The summed E-state index contributed by atoms with van der Waals surface area (Å²) in [4.78, 5) is 11.8. The first-order chi connectivity index (χ1) is 9.58. The number of carbonyl (C=O) groups is 1. The Hall–Kier alpha value is -1.45. The summed E-state index contributed by atoms with van der Waals surface area (Å²) in [5, 5.41) is 0. The topological polar surface area (TPSA) is 35.5 Å². The lowest BCUT2D eigenvalue weighted by Crippen LogP contribution is -2.18. The minimum Gasteiger partial charge on any atom is -0.353 e. The zero-order chi connectivity index (χ0) is 15.0. The van der Waals surface area contributed by atoms with E-state index in [1.165, 1.54) is 5.56 Å². The second-order valence-electron chi connectivity index (χ2n) is 4.69. The molecule has 0 saturated carbocycles. The normalized spacial score (nSPS) is 10.8. The van der Waals surface area contributed by atoms with Crippen LogP contribution in [0.2, 0.25) is 0 Å². The van der Waals surface area contributed by atoms with Gasteiger partial charge in [0, 0.05) is 25.2 Å². The van der Waals surface area contributed by atoms with Crippen LogP contribution in [0, 0.1) is 0 Å². The molecular formula is C17H24O3. The molecule has 0 spiro atoms.